The minimum Gasteiger partial charge on any atom is -0.444 e. The number of nitrogens with one attached hydrogen (secondary N) is 2. The van der Waals surface area contributed by atoms with E-state index in [0.717, 1.165) is 12.8 Å². The van der Waals surface area contributed by atoms with Gasteiger partial charge in [-0.1, -0.05) is 12.8 Å². The van der Waals surface area contributed by atoms with Crippen LogP contribution in [0.5, 0.6) is 0 Å². The summed E-state index contributed by atoms with van der Waals surface area (Å²) in [5, 5.41) is 3.00. The Kier molecular flexibility index (Phi) is 10.1. The highest BCUT2D eigenvalue weighted by molar-refractivity contribution is 7.89. The van der Waals surface area contributed by atoms with Crippen LogP contribution in [0.1, 0.15) is 52.9 Å². The molecule has 0 aromatic carbocycles. The van der Waals surface area contributed by atoms with Crippen molar-refractivity contribution in [3.8, 4) is 0 Å². The average Bonchev–Trinajstić information content (AvgIpc) is 3.13. The lowest BCUT2D eigenvalue weighted by Gasteiger charge is -2.32. The Morgan fingerprint density at radius 3 is 2.29 bits per heavy atom. The molecule has 2 N–H and O–H groups in total. The summed E-state index contributed by atoms with van der Waals surface area (Å²) >= 11 is 0. The van der Waals surface area contributed by atoms with Crippen LogP contribution in [-0.4, -0.2) is 66.9 Å². The lowest BCUT2D eigenvalue weighted by atomic mass is 9.91. The van der Waals surface area contributed by atoms with Gasteiger partial charge >= 0.3 is 30.1 Å². The third kappa shape index (κ3) is 7.75. The van der Waals surface area contributed by atoms with Gasteiger partial charge in [0.1, 0.15) is 18.0 Å². The Hall–Kier alpha value is -1.51. The lowest BCUT2D eigenvalue weighted by molar-refractivity contribution is -0.710. The fraction of sp³-hybridized carbons (Fsp3) is 0.810. The number of aryl methyl sites for hydroxylation is 2. The van der Waals surface area contributed by atoms with Crippen LogP contribution in [0.3, 0.4) is 0 Å². The van der Waals surface area contributed by atoms with E-state index in [1.165, 1.54) is 0 Å². The Labute approximate surface area is 204 Å². The van der Waals surface area contributed by atoms with E-state index >= 15 is 0 Å². The summed E-state index contributed by atoms with van der Waals surface area (Å²) in [6, 6.07) is -0.218. The molecule has 1 heterocycles. The van der Waals surface area contributed by atoms with Gasteiger partial charge in [0.05, 0.1) is 13.6 Å². The van der Waals surface area contributed by atoms with Crippen molar-refractivity contribution < 1.29 is 35.8 Å². The number of imidazole rings is 1. The second-order valence-corrected chi connectivity index (χ2v) is 14.2. The maximum atomic E-state index is 13.4. The molecule has 1 aromatic rings. The van der Waals surface area contributed by atoms with Gasteiger partial charge in [0, 0.05) is 39.5 Å². The number of rotatable bonds is 11. The first-order valence-electron chi connectivity index (χ1n) is 11.6. The van der Waals surface area contributed by atoms with Crippen molar-refractivity contribution in [3.05, 3.63) is 12.4 Å². The van der Waals surface area contributed by atoms with Crippen LogP contribution >= 0.6 is 0 Å². The zero-order chi connectivity index (χ0) is 25.6. The van der Waals surface area contributed by atoms with Crippen LogP contribution in [0.2, 0.25) is 6.04 Å². The number of amides is 1. The zero-order valence-corrected chi connectivity index (χ0v) is 23.2. The predicted molar refractivity (Wildman–Crippen MR) is 128 cm³/mol. The first-order valence-corrected chi connectivity index (χ1v) is 15.0. The summed E-state index contributed by atoms with van der Waals surface area (Å²) in [5.74, 6) is 0. The largest absolute Gasteiger partial charge is 0.500 e. The Bertz CT molecular complexity index is 904. The normalized spacial score (nSPS) is 19.7. The second-order valence-electron chi connectivity index (χ2n) is 9.55. The quantitative estimate of drug-likeness (QED) is 0.336. The van der Waals surface area contributed by atoms with E-state index in [9.17, 15) is 13.2 Å². The maximum absolute atomic E-state index is 13.4. The molecule has 0 spiro atoms. The molecule has 0 bridgehead atoms. The van der Waals surface area contributed by atoms with Crippen LogP contribution in [0.25, 0.3) is 0 Å². The van der Waals surface area contributed by atoms with E-state index < -0.39 is 36.6 Å². The van der Waals surface area contributed by atoms with E-state index in [2.05, 4.69) is 10.0 Å². The van der Waals surface area contributed by atoms with Crippen molar-refractivity contribution in [1.29, 1.82) is 0 Å². The van der Waals surface area contributed by atoms with Crippen molar-refractivity contribution in [3.63, 3.8) is 0 Å². The van der Waals surface area contributed by atoms with E-state index in [1.807, 2.05) is 0 Å². The standard InChI is InChI=1S/C21H40N4O7SSi/c1-21(2,3)32-19(26)22-17-11-8-9-12-18(17)23-33(27,28)20-24(4)14-15-25(20)13-10-16-34(29-5,30-6)31-7/h14-15,17-18,23H,8-13,16H2,1-7H3/p+1/t17-,18-/m1/s1. The number of ether oxygens (including phenoxy) is 1. The lowest BCUT2D eigenvalue weighted by Crippen LogP contribution is -2.55. The summed E-state index contributed by atoms with van der Waals surface area (Å²) in [7, 11) is -0.241. The van der Waals surface area contributed by atoms with E-state index in [4.69, 9.17) is 18.0 Å². The van der Waals surface area contributed by atoms with Gasteiger partial charge in [-0.3, -0.25) is 0 Å². The highest BCUT2D eigenvalue weighted by Crippen LogP contribution is 2.22. The van der Waals surface area contributed by atoms with E-state index in [1.54, 1.807) is 70.7 Å². The molecule has 2 atom stereocenters. The minimum atomic E-state index is -3.86. The van der Waals surface area contributed by atoms with Gasteiger partial charge in [-0.05, 0) is 40.0 Å². The first-order chi connectivity index (χ1) is 15.9. The number of aromatic nitrogens is 2. The molecule has 2 rings (SSSR count). The molecule has 1 aliphatic rings. The number of carbonyl (C=O) groups excluding carboxylic acids is 1. The SMILES string of the molecule is CO[Si](CCCn1cc[n+](C)c1S(=O)(=O)N[C@@H]1CCCC[C@H]1NC(=O)OC(C)(C)C)(OC)OC. The van der Waals surface area contributed by atoms with E-state index in [0.29, 0.717) is 31.9 Å². The molecule has 1 aromatic heterocycles. The van der Waals surface area contributed by atoms with Crippen LogP contribution < -0.4 is 14.6 Å². The van der Waals surface area contributed by atoms with Gasteiger partial charge < -0.3 is 23.3 Å². The van der Waals surface area contributed by atoms with Crippen LogP contribution in [-0.2, 0) is 41.6 Å². The smallest absolute Gasteiger partial charge is 0.444 e. The molecule has 11 nitrogen and oxygen atoms in total. The molecule has 0 aliphatic heterocycles. The predicted octanol–water partition coefficient (Wildman–Crippen LogP) is 1.70. The number of hydrogen-bond acceptors (Lipinski definition) is 7. The molecule has 196 valence electrons. The molecular weight excluding hydrogens is 480 g/mol. The van der Waals surface area contributed by atoms with E-state index in [-0.39, 0.29) is 11.2 Å². The fourth-order valence-electron chi connectivity index (χ4n) is 4.20. The highest BCUT2D eigenvalue weighted by atomic mass is 32.2. The highest BCUT2D eigenvalue weighted by Gasteiger charge is 2.39. The van der Waals surface area contributed by atoms with Gasteiger partial charge in [0.2, 0.25) is 0 Å². The van der Waals surface area contributed by atoms with Gasteiger partial charge in [0.15, 0.2) is 0 Å². The second kappa shape index (κ2) is 12.0. The van der Waals surface area contributed by atoms with Crippen molar-refractivity contribution in [1.82, 2.24) is 14.6 Å². The molecule has 0 unspecified atom stereocenters. The molecule has 1 amide bonds. The summed E-state index contributed by atoms with van der Waals surface area (Å²) in [6.07, 6.45) is 6.62. The summed E-state index contributed by atoms with van der Waals surface area (Å²) in [5.41, 5.74) is -0.628. The van der Waals surface area contributed by atoms with Crippen LogP contribution in [0.15, 0.2) is 17.6 Å². The third-order valence-corrected chi connectivity index (χ3v) is 10.3. The van der Waals surface area contributed by atoms with Crippen molar-refractivity contribution in [2.75, 3.05) is 21.3 Å². The molecule has 34 heavy (non-hydrogen) atoms. The third-order valence-electron chi connectivity index (χ3n) is 5.85. The fourth-order valence-corrected chi connectivity index (χ4v) is 7.59. The average molecular weight is 522 g/mol. The molecule has 1 aliphatic carbocycles. The number of carbonyl (C=O) groups is 1. The molecule has 1 saturated carbocycles. The Morgan fingerprint density at radius 2 is 1.74 bits per heavy atom. The van der Waals surface area contributed by atoms with Crippen molar-refractivity contribution >= 4 is 24.9 Å². The van der Waals surface area contributed by atoms with Crippen molar-refractivity contribution in [2.24, 2.45) is 7.05 Å². The summed E-state index contributed by atoms with van der Waals surface area (Å²) < 4.78 is 54.7. The number of nitrogens with zero attached hydrogens (tertiary/aromatic N) is 2. The molecular formula is C21H41N4O7SSi+. The van der Waals surface area contributed by atoms with Gasteiger partial charge in [-0.25, -0.2) is 13.9 Å². The summed E-state index contributed by atoms with van der Waals surface area (Å²) in [4.78, 5) is 12.3. The van der Waals surface area contributed by atoms with Crippen LogP contribution in [0, 0.1) is 0 Å². The molecule has 0 radical (unpaired) electrons. The number of hydrogen-bond donors (Lipinski definition) is 2. The zero-order valence-electron chi connectivity index (χ0n) is 21.4. The molecule has 0 saturated heterocycles. The summed E-state index contributed by atoms with van der Waals surface area (Å²) in [6.45, 7) is 5.83. The molecule has 1 fully saturated rings. The number of alkyl carbamates (subject to hydrolysis) is 1. The number of sulfonamides is 1. The molecule has 13 heteroatoms. The topological polar surface area (TPSA) is 121 Å². The first kappa shape index (κ1) is 28.7. The Morgan fingerprint density at radius 1 is 1.15 bits per heavy atom. The monoisotopic (exact) mass is 521 g/mol. The maximum Gasteiger partial charge on any atom is 0.500 e. The van der Waals surface area contributed by atoms with Gasteiger partial charge in [-0.15, -0.1) is 0 Å². The van der Waals surface area contributed by atoms with Crippen LogP contribution in [0.4, 0.5) is 4.79 Å². The van der Waals surface area contributed by atoms with Gasteiger partial charge in [0.25, 0.3) is 0 Å². The van der Waals surface area contributed by atoms with Gasteiger partial charge in [-0.2, -0.15) is 13.1 Å². The minimum absolute atomic E-state index is 0.147. The Balaban J connectivity index is 2.13. The van der Waals surface area contributed by atoms with Crippen molar-refractivity contribution in [2.45, 2.75) is 88.3 Å².